The number of piperidine rings is 1. The Bertz CT molecular complexity index is 360. The summed E-state index contributed by atoms with van der Waals surface area (Å²) in [5.74, 6) is -1.02. The molecule has 2 fully saturated rings. The highest BCUT2D eigenvalue weighted by Crippen LogP contribution is 2.66. The van der Waals surface area contributed by atoms with Crippen LogP contribution in [-0.2, 0) is 9.59 Å². The Labute approximate surface area is 98.9 Å². The normalized spacial score (nSPS) is 31.2. The van der Waals surface area contributed by atoms with Crippen molar-refractivity contribution in [3.05, 3.63) is 12.7 Å². The molecule has 1 spiro atoms. The second-order valence-electron chi connectivity index (χ2n) is 4.59. The van der Waals surface area contributed by atoms with Gasteiger partial charge in [-0.15, -0.1) is 11.6 Å². The van der Waals surface area contributed by atoms with Gasteiger partial charge in [0.15, 0.2) is 0 Å². The van der Waals surface area contributed by atoms with Gasteiger partial charge >= 0.3 is 5.97 Å². The number of likely N-dealkylation sites (tertiary alicyclic amines) is 1. The summed E-state index contributed by atoms with van der Waals surface area (Å²) in [6.07, 6.45) is 3.15. The maximum atomic E-state index is 11.4. The van der Waals surface area contributed by atoms with Crippen LogP contribution in [0.2, 0.25) is 0 Å². The first-order chi connectivity index (χ1) is 7.45. The second kappa shape index (κ2) is 3.48. The number of alkyl halides is 1. The number of nitrogens with zero attached hydrogens (tertiary/aromatic N) is 1. The number of aliphatic carboxylic acids is 1. The summed E-state index contributed by atoms with van der Waals surface area (Å²) in [4.78, 5) is 23.0. The zero-order chi connectivity index (χ0) is 12.0. The van der Waals surface area contributed by atoms with Gasteiger partial charge in [0.2, 0.25) is 5.91 Å². The first-order valence-electron chi connectivity index (χ1n) is 5.29. The molecular formula is C11H14ClNO3. The largest absolute Gasteiger partial charge is 0.480 e. The number of hydrogen-bond donors (Lipinski definition) is 1. The summed E-state index contributed by atoms with van der Waals surface area (Å²) in [7, 11) is 0. The van der Waals surface area contributed by atoms with Gasteiger partial charge in [0, 0.05) is 18.5 Å². The minimum Gasteiger partial charge on any atom is -0.480 e. The van der Waals surface area contributed by atoms with Crippen LogP contribution in [-0.4, -0.2) is 39.8 Å². The summed E-state index contributed by atoms with van der Waals surface area (Å²) in [5.41, 5.74) is -0.293. The van der Waals surface area contributed by atoms with Crippen LogP contribution in [0.15, 0.2) is 12.7 Å². The monoisotopic (exact) mass is 243 g/mol. The molecule has 2 aliphatic rings. The quantitative estimate of drug-likeness (QED) is 0.587. The smallest absolute Gasteiger partial charge is 0.325 e. The van der Waals surface area contributed by atoms with E-state index in [0.29, 0.717) is 32.4 Å². The molecule has 1 saturated carbocycles. The molecule has 1 amide bonds. The van der Waals surface area contributed by atoms with Gasteiger partial charge in [-0.05, 0) is 25.3 Å². The molecule has 0 aromatic carbocycles. The Balaban J connectivity index is 2.00. The average Bonchev–Trinajstić information content (AvgIpc) is 2.85. The minimum atomic E-state index is -1.09. The van der Waals surface area contributed by atoms with Gasteiger partial charge in [-0.2, -0.15) is 0 Å². The van der Waals surface area contributed by atoms with E-state index in [2.05, 4.69) is 6.58 Å². The van der Waals surface area contributed by atoms with E-state index in [4.69, 9.17) is 16.7 Å². The van der Waals surface area contributed by atoms with Gasteiger partial charge in [0.1, 0.15) is 4.87 Å². The third-order valence-corrected chi connectivity index (χ3v) is 4.54. The molecule has 2 rings (SSSR count). The molecule has 16 heavy (non-hydrogen) atoms. The SMILES string of the molecule is C=CC(=O)N1CCC2(CC1)CC2(Cl)C(=O)O. The fourth-order valence-corrected chi connectivity index (χ4v) is 3.03. The van der Waals surface area contributed by atoms with E-state index in [1.807, 2.05) is 0 Å². The van der Waals surface area contributed by atoms with Crippen LogP contribution in [0.1, 0.15) is 19.3 Å². The highest BCUT2D eigenvalue weighted by atomic mass is 35.5. The Morgan fingerprint density at radius 1 is 1.38 bits per heavy atom. The molecule has 1 atom stereocenters. The van der Waals surface area contributed by atoms with Crippen molar-refractivity contribution in [3.63, 3.8) is 0 Å². The lowest BCUT2D eigenvalue weighted by Crippen LogP contribution is -2.41. The zero-order valence-electron chi connectivity index (χ0n) is 8.91. The zero-order valence-corrected chi connectivity index (χ0v) is 9.66. The van der Waals surface area contributed by atoms with E-state index in [0.717, 1.165) is 0 Å². The fourth-order valence-electron chi connectivity index (χ4n) is 2.58. The number of carbonyl (C=O) groups excluding carboxylic acids is 1. The Hall–Kier alpha value is -1.03. The van der Waals surface area contributed by atoms with Gasteiger partial charge in [0.05, 0.1) is 0 Å². The molecule has 0 bridgehead atoms. The van der Waals surface area contributed by atoms with Crippen LogP contribution < -0.4 is 0 Å². The molecule has 5 heteroatoms. The van der Waals surface area contributed by atoms with E-state index in [1.54, 1.807) is 4.90 Å². The molecule has 1 unspecified atom stereocenters. The van der Waals surface area contributed by atoms with E-state index >= 15 is 0 Å². The number of carboxylic acid groups (broad SMARTS) is 1. The molecule has 1 saturated heterocycles. The van der Waals surface area contributed by atoms with E-state index in [9.17, 15) is 9.59 Å². The predicted octanol–water partition coefficient (Wildman–Crippen LogP) is 1.25. The first kappa shape index (κ1) is 11.5. The number of carbonyl (C=O) groups is 2. The van der Waals surface area contributed by atoms with Crippen LogP contribution in [0.4, 0.5) is 0 Å². The van der Waals surface area contributed by atoms with Crippen molar-refractivity contribution in [2.45, 2.75) is 24.1 Å². The molecule has 1 aliphatic carbocycles. The van der Waals surface area contributed by atoms with E-state index in [1.165, 1.54) is 6.08 Å². The Morgan fingerprint density at radius 2 is 1.94 bits per heavy atom. The average molecular weight is 244 g/mol. The van der Waals surface area contributed by atoms with Crippen molar-refractivity contribution in [1.29, 1.82) is 0 Å². The van der Waals surface area contributed by atoms with Gasteiger partial charge < -0.3 is 10.0 Å². The number of amides is 1. The lowest BCUT2D eigenvalue weighted by atomic mass is 9.90. The predicted molar refractivity (Wildman–Crippen MR) is 59.3 cm³/mol. The summed E-state index contributed by atoms with van der Waals surface area (Å²) in [6.45, 7) is 4.59. The summed E-state index contributed by atoms with van der Waals surface area (Å²) < 4.78 is 0. The summed E-state index contributed by atoms with van der Waals surface area (Å²) in [6, 6.07) is 0. The molecule has 0 radical (unpaired) electrons. The number of rotatable bonds is 2. The first-order valence-corrected chi connectivity index (χ1v) is 5.67. The highest BCUT2D eigenvalue weighted by molar-refractivity contribution is 6.37. The van der Waals surface area contributed by atoms with Gasteiger partial charge in [-0.25, -0.2) is 0 Å². The van der Waals surface area contributed by atoms with Gasteiger partial charge in [-0.3, -0.25) is 9.59 Å². The van der Waals surface area contributed by atoms with Crippen LogP contribution >= 0.6 is 11.6 Å². The number of halogens is 1. The number of hydrogen-bond acceptors (Lipinski definition) is 2. The lowest BCUT2D eigenvalue weighted by Gasteiger charge is -2.32. The van der Waals surface area contributed by atoms with Crippen molar-refractivity contribution >= 4 is 23.5 Å². The molecular weight excluding hydrogens is 230 g/mol. The molecule has 1 aliphatic heterocycles. The van der Waals surface area contributed by atoms with Crippen molar-refractivity contribution in [1.82, 2.24) is 4.90 Å². The molecule has 88 valence electrons. The van der Waals surface area contributed by atoms with E-state index < -0.39 is 10.8 Å². The van der Waals surface area contributed by atoms with Crippen molar-refractivity contribution in [2.24, 2.45) is 5.41 Å². The maximum Gasteiger partial charge on any atom is 0.325 e. The van der Waals surface area contributed by atoms with Crippen LogP contribution in [0, 0.1) is 5.41 Å². The van der Waals surface area contributed by atoms with Crippen LogP contribution in [0.3, 0.4) is 0 Å². The minimum absolute atomic E-state index is 0.0917. The maximum absolute atomic E-state index is 11.4. The van der Waals surface area contributed by atoms with Crippen LogP contribution in [0.25, 0.3) is 0 Å². The third-order valence-electron chi connectivity index (χ3n) is 3.84. The molecule has 1 heterocycles. The topological polar surface area (TPSA) is 57.6 Å². The number of carboxylic acids is 1. The van der Waals surface area contributed by atoms with Crippen molar-refractivity contribution in [3.8, 4) is 0 Å². The Morgan fingerprint density at radius 3 is 2.31 bits per heavy atom. The van der Waals surface area contributed by atoms with Gasteiger partial charge in [0.25, 0.3) is 0 Å². The third kappa shape index (κ3) is 1.44. The summed E-state index contributed by atoms with van der Waals surface area (Å²) in [5, 5.41) is 9.02. The van der Waals surface area contributed by atoms with Crippen molar-refractivity contribution in [2.75, 3.05) is 13.1 Å². The highest BCUT2D eigenvalue weighted by Gasteiger charge is 2.71. The molecule has 4 nitrogen and oxygen atoms in total. The molecule has 1 N–H and O–H groups in total. The van der Waals surface area contributed by atoms with Gasteiger partial charge in [-0.1, -0.05) is 6.58 Å². The Kier molecular flexibility index (Phi) is 2.49. The lowest BCUT2D eigenvalue weighted by molar-refractivity contribution is -0.138. The molecule has 0 aromatic rings. The molecule has 0 aromatic heterocycles. The standard InChI is InChI=1S/C11H14ClNO3/c1-2-8(14)13-5-3-10(4-6-13)7-11(10,12)9(15)16/h2H,1,3-7H2,(H,15,16). The van der Waals surface area contributed by atoms with E-state index in [-0.39, 0.29) is 11.3 Å². The fraction of sp³-hybridized carbons (Fsp3) is 0.636. The second-order valence-corrected chi connectivity index (χ2v) is 5.24. The van der Waals surface area contributed by atoms with Crippen LogP contribution in [0.5, 0.6) is 0 Å². The van der Waals surface area contributed by atoms with Crippen molar-refractivity contribution < 1.29 is 14.7 Å². The summed E-state index contributed by atoms with van der Waals surface area (Å²) >= 11 is 6.05.